The highest BCUT2D eigenvalue weighted by molar-refractivity contribution is 7.91. The standard InChI is InChI=1S/C19H14F3N3O3S/c20-19(21,22)13-7-4-8-14(11-13)23-17(26)16-15(12-5-2-1-3-6-12)24-18-25(16)9-10-29(18,27)28/h1-8,11H,9-10H2,(H,23,26). The molecule has 10 heteroatoms. The van der Waals surface area contributed by atoms with Gasteiger partial charge in [0, 0.05) is 17.8 Å². The molecule has 0 spiro atoms. The van der Waals surface area contributed by atoms with Crippen LogP contribution in [-0.2, 0) is 22.6 Å². The van der Waals surface area contributed by atoms with Crippen molar-refractivity contribution in [1.82, 2.24) is 9.55 Å². The summed E-state index contributed by atoms with van der Waals surface area (Å²) < 4.78 is 64.6. The molecule has 0 saturated heterocycles. The molecule has 3 aromatic rings. The molecular weight excluding hydrogens is 407 g/mol. The fourth-order valence-electron chi connectivity index (χ4n) is 3.17. The van der Waals surface area contributed by atoms with Gasteiger partial charge < -0.3 is 9.88 Å². The maximum Gasteiger partial charge on any atom is 0.416 e. The first-order chi connectivity index (χ1) is 13.7. The van der Waals surface area contributed by atoms with E-state index in [2.05, 4.69) is 10.3 Å². The van der Waals surface area contributed by atoms with Crippen LogP contribution in [-0.4, -0.2) is 29.6 Å². The number of amides is 1. The minimum absolute atomic E-state index is 0.00955. The predicted octanol–water partition coefficient (Wildman–Crippen LogP) is 3.61. The molecule has 1 aliphatic heterocycles. The van der Waals surface area contributed by atoms with Crippen LogP contribution in [0.5, 0.6) is 0 Å². The van der Waals surface area contributed by atoms with Gasteiger partial charge in [-0.25, -0.2) is 13.4 Å². The number of nitrogens with one attached hydrogen (secondary N) is 1. The van der Waals surface area contributed by atoms with Crippen molar-refractivity contribution in [3.8, 4) is 11.3 Å². The number of sulfone groups is 1. The van der Waals surface area contributed by atoms with E-state index in [-0.39, 0.29) is 34.5 Å². The molecule has 150 valence electrons. The fraction of sp³-hybridized carbons (Fsp3) is 0.158. The molecule has 1 N–H and O–H groups in total. The molecular formula is C19H14F3N3O3S. The number of fused-ring (bicyclic) bond motifs is 1. The van der Waals surface area contributed by atoms with E-state index in [0.717, 1.165) is 12.1 Å². The van der Waals surface area contributed by atoms with Gasteiger partial charge in [0.05, 0.1) is 11.3 Å². The first kappa shape index (κ1) is 19.2. The Labute approximate surface area is 163 Å². The number of imidazole rings is 1. The maximum absolute atomic E-state index is 13.0. The van der Waals surface area contributed by atoms with Gasteiger partial charge in [0.1, 0.15) is 11.4 Å². The van der Waals surface area contributed by atoms with E-state index >= 15 is 0 Å². The Morgan fingerprint density at radius 1 is 1.07 bits per heavy atom. The molecule has 0 radical (unpaired) electrons. The first-order valence-corrected chi connectivity index (χ1v) is 10.2. The predicted molar refractivity (Wildman–Crippen MR) is 99.1 cm³/mol. The number of nitrogens with zero attached hydrogens (tertiary/aromatic N) is 2. The SMILES string of the molecule is O=C(Nc1cccc(C(F)(F)F)c1)c1c(-c2ccccc2)nc2n1CCS2(=O)=O. The number of aromatic nitrogens is 2. The van der Waals surface area contributed by atoms with Crippen molar-refractivity contribution in [2.24, 2.45) is 0 Å². The second-order valence-electron chi connectivity index (χ2n) is 6.46. The smallest absolute Gasteiger partial charge is 0.321 e. The first-order valence-electron chi connectivity index (χ1n) is 8.54. The van der Waals surface area contributed by atoms with Crippen LogP contribution in [0.1, 0.15) is 16.1 Å². The highest BCUT2D eigenvalue weighted by Crippen LogP contribution is 2.33. The lowest BCUT2D eigenvalue weighted by Gasteiger charge is -2.11. The van der Waals surface area contributed by atoms with Gasteiger partial charge in [0.15, 0.2) is 0 Å². The zero-order chi connectivity index (χ0) is 20.8. The van der Waals surface area contributed by atoms with E-state index in [1.807, 2.05) is 0 Å². The molecule has 0 atom stereocenters. The number of hydrogen-bond acceptors (Lipinski definition) is 4. The van der Waals surface area contributed by atoms with Crippen LogP contribution in [0.15, 0.2) is 59.8 Å². The Bertz CT molecular complexity index is 1200. The van der Waals surface area contributed by atoms with Gasteiger partial charge >= 0.3 is 6.18 Å². The summed E-state index contributed by atoms with van der Waals surface area (Å²) in [6.07, 6.45) is -4.55. The summed E-state index contributed by atoms with van der Waals surface area (Å²) in [5, 5.41) is 2.21. The highest BCUT2D eigenvalue weighted by Gasteiger charge is 2.36. The van der Waals surface area contributed by atoms with Crippen LogP contribution < -0.4 is 5.32 Å². The van der Waals surface area contributed by atoms with Crippen molar-refractivity contribution in [2.75, 3.05) is 11.1 Å². The molecule has 1 aromatic heterocycles. The van der Waals surface area contributed by atoms with Gasteiger partial charge in [-0.15, -0.1) is 0 Å². The lowest BCUT2D eigenvalue weighted by atomic mass is 10.1. The minimum atomic E-state index is -4.55. The fourth-order valence-corrected chi connectivity index (χ4v) is 4.53. The van der Waals surface area contributed by atoms with Crippen molar-refractivity contribution in [2.45, 2.75) is 17.9 Å². The van der Waals surface area contributed by atoms with Crippen LogP contribution >= 0.6 is 0 Å². The topological polar surface area (TPSA) is 81.1 Å². The summed E-state index contributed by atoms with van der Waals surface area (Å²) in [5.74, 6) is -0.923. The van der Waals surface area contributed by atoms with Gasteiger partial charge in [-0.1, -0.05) is 36.4 Å². The summed E-state index contributed by atoms with van der Waals surface area (Å²) in [6.45, 7) is 0.0445. The molecule has 0 fully saturated rings. The van der Waals surface area contributed by atoms with Gasteiger partial charge in [0.25, 0.3) is 5.91 Å². The Balaban J connectivity index is 1.78. The normalized spacial score (nSPS) is 15.1. The van der Waals surface area contributed by atoms with Crippen molar-refractivity contribution >= 4 is 21.4 Å². The number of anilines is 1. The van der Waals surface area contributed by atoms with Crippen molar-refractivity contribution < 1.29 is 26.4 Å². The number of carbonyl (C=O) groups excluding carboxylic acids is 1. The van der Waals surface area contributed by atoms with E-state index in [0.29, 0.717) is 5.56 Å². The number of benzene rings is 2. The second-order valence-corrected chi connectivity index (χ2v) is 8.46. The van der Waals surface area contributed by atoms with Gasteiger partial charge in [-0.3, -0.25) is 4.79 Å². The maximum atomic E-state index is 13.0. The number of rotatable bonds is 3. The number of carbonyl (C=O) groups is 1. The molecule has 2 aromatic carbocycles. The molecule has 0 aliphatic carbocycles. The van der Waals surface area contributed by atoms with E-state index in [1.54, 1.807) is 30.3 Å². The summed E-state index contributed by atoms with van der Waals surface area (Å²) in [5.41, 5.74) is -0.281. The third-order valence-electron chi connectivity index (χ3n) is 4.50. The molecule has 1 amide bonds. The summed E-state index contributed by atoms with van der Waals surface area (Å²) in [6, 6.07) is 12.7. The van der Waals surface area contributed by atoms with Crippen molar-refractivity contribution in [3.05, 3.63) is 65.9 Å². The third-order valence-corrected chi connectivity index (χ3v) is 6.09. The molecule has 1 aliphatic rings. The van der Waals surface area contributed by atoms with Gasteiger partial charge in [-0.05, 0) is 18.2 Å². The van der Waals surface area contributed by atoms with E-state index in [4.69, 9.17) is 0 Å². The summed E-state index contributed by atoms with van der Waals surface area (Å²) in [4.78, 5) is 17.1. The van der Waals surface area contributed by atoms with Crippen molar-refractivity contribution in [1.29, 1.82) is 0 Å². The third kappa shape index (κ3) is 3.51. The highest BCUT2D eigenvalue weighted by atomic mass is 32.2. The molecule has 6 nitrogen and oxygen atoms in total. The van der Waals surface area contributed by atoms with E-state index in [9.17, 15) is 26.4 Å². The Kier molecular flexibility index (Phi) is 4.45. The molecule has 29 heavy (non-hydrogen) atoms. The van der Waals surface area contributed by atoms with Crippen LogP contribution in [0.25, 0.3) is 11.3 Å². The molecule has 0 bridgehead atoms. The molecule has 4 rings (SSSR count). The minimum Gasteiger partial charge on any atom is -0.321 e. The zero-order valence-electron chi connectivity index (χ0n) is 14.8. The van der Waals surface area contributed by atoms with Crippen molar-refractivity contribution in [3.63, 3.8) is 0 Å². The zero-order valence-corrected chi connectivity index (χ0v) is 15.6. The summed E-state index contributed by atoms with van der Waals surface area (Å²) in [7, 11) is -3.62. The second kappa shape index (κ2) is 6.73. The lowest BCUT2D eigenvalue weighted by Crippen LogP contribution is -2.18. The lowest BCUT2D eigenvalue weighted by molar-refractivity contribution is -0.137. The molecule has 0 unspecified atom stereocenters. The number of halogens is 3. The molecule has 0 saturated carbocycles. The quantitative estimate of drug-likeness (QED) is 0.701. The Hall–Kier alpha value is -3.14. The van der Waals surface area contributed by atoms with Gasteiger partial charge in [0.2, 0.25) is 15.0 Å². The van der Waals surface area contributed by atoms with E-state index < -0.39 is 27.5 Å². The Morgan fingerprint density at radius 2 is 1.79 bits per heavy atom. The Morgan fingerprint density at radius 3 is 2.48 bits per heavy atom. The average molecular weight is 421 g/mol. The number of hydrogen-bond donors (Lipinski definition) is 1. The van der Waals surface area contributed by atoms with Gasteiger partial charge in [-0.2, -0.15) is 13.2 Å². The van der Waals surface area contributed by atoms with Crippen LogP contribution in [0.4, 0.5) is 18.9 Å². The van der Waals surface area contributed by atoms with E-state index in [1.165, 1.54) is 16.7 Å². The van der Waals surface area contributed by atoms with Crippen LogP contribution in [0.2, 0.25) is 0 Å². The summed E-state index contributed by atoms with van der Waals surface area (Å²) >= 11 is 0. The van der Waals surface area contributed by atoms with Crippen LogP contribution in [0, 0.1) is 0 Å². The molecule has 2 heterocycles. The van der Waals surface area contributed by atoms with Crippen LogP contribution in [0.3, 0.4) is 0 Å². The number of alkyl halides is 3. The average Bonchev–Trinajstić information content (AvgIpc) is 3.20. The monoisotopic (exact) mass is 421 g/mol. The largest absolute Gasteiger partial charge is 0.416 e.